The van der Waals surface area contributed by atoms with Crippen LogP contribution in [0.25, 0.3) is 0 Å². The maximum Gasteiger partial charge on any atom is 0.152 e. The van der Waals surface area contributed by atoms with E-state index in [1.165, 1.54) is 0 Å². The van der Waals surface area contributed by atoms with E-state index >= 15 is 0 Å². The SMILES string of the molecule is C=C(N)NCC[C@H](N)C(=O)C(C)C. The molecular weight excluding hydrogens is 166 g/mol. The summed E-state index contributed by atoms with van der Waals surface area (Å²) in [6.07, 6.45) is 0.591. The summed E-state index contributed by atoms with van der Waals surface area (Å²) in [7, 11) is 0. The van der Waals surface area contributed by atoms with Crippen molar-refractivity contribution in [1.29, 1.82) is 0 Å². The number of carbonyl (C=O) groups is 1. The van der Waals surface area contributed by atoms with Crippen molar-refractivity contribution in [3.05, 3.63) is 12.4 Å². The molecule has 0 saturated carbocycles. The number of Topliss-reactive ketones (excluding diaryl/α,β-unsaturated/α-hetero) is 1. The normalized spacial score (nSPS) is 12.6. The lowest BCUT2D eigenvalue weighted by Crippen LogP contribution is -2.36. The van der Waals surface area contributed by atoms with E-state index in [0.29, 0.717) is 18.8 Å². The first-order valence-corrected chi connectivity index (χ1v) is 4.42. The Hall–Kier alpha value is -1.03. The molecule has 0 aromatic carbocycles. The molecule has 13 heavy (non-hydrogen) atoms. The highest BCUT2D eigenvalue weighted by atomic mass is 16.1. The van der Waals surface area contributed by atoms with Gasteiger partial charge >= 0.3 is 0 Å². The van der Waals surface area contributed by atoms with Gasteiger partial charge in [-0.15, -0.1) is 0 Å². The number of carbonyl (C=O) groups excluding carboxylic acids is 1. The molecule has 0 aliphatic rings. The number of rotatable bonds is 6. The molecule has 0 aliphatic heterocycles. The topological polar surface area (TPSA) is 81.1 Å². The second-order valence-corrected chi connectivity index (χ2v) is 3.40. The molecule has 0 bridgehead atoms. The van der Waals surface area contributed by atoms with Crippen LogP contribution >= 0.6 is 0 Å². The number of nitrogens with two attached hydrogens (primary N) is 2. The molecule has 0 heterocycles. The van der Waals surface area contributed by atoms with Gasteiger partial charge in [-0.05, 0) is 6.42 Å². The fourth-order valence-electron chi connectivity index (χ4n) is 0.959. The van der Waals surface area contributed by atoms with Gasteiger partial charge in [0.1, 0.15) is 0 Å². The Labute approximate surface area is 79.4 Å². The Kier molecular flexibility index (Phi) is 5.14. The van der Waals surface area contributed by atoms with Crippen molar-refractivity contribution < 1.29 is 4.79 Å². The van der Waals surface area contributed by atoms with Gasteiger partial charge in [-0.25, -0.2) is 0 Å². The first-order chi connectivity index (χ1) is 5.95. The first kappa shape index (κ1) is 12.0. The molecule has 0 amide bonds. The second kappa shape index (κ2) is 5.59. The minimum atomic E-state index is -0.396. The Bertz CT molecular complexity index is 189. The van der Waals surface area contributed by atoms with Gasteiger partial charge in [0, 0.05) is 12.5 Å². The lowest BCUT2D eigenvalue weighted by atomic mass is 10.0. The van der Waals surface area contributed by atoms with E-state index in [9.17, 15) is 4.79 Å². The van der Waals surface area contributed by atoms with Gasteiger partial charge < -0.3 is 16.8 Å². The molecule has 0 aromatic rings. The van der Waals surface area contributed by atoms with Crippen LogP contribution in [0.1, 0.15) is 20.3 Å². The minimum absolute atomic E-state index is 0.00363. The number of hydrogen-bond donors (Lipinski definition) is 3. The molecule has 0 fully saturated rings. The number of ketones is 1. The predicted octanol–water partition coefficient (Wildman–Crippen LogP) is -0.0516. The monoisotopic (exact) mass is 185 g/mol. The van der Waals surface area contributed by atoms with Crippen LogP contribution in [0.2, 0.25) is 0 Å². The molecule has 1 atom stereocenters. The maximum absolute atomic E-state index is 11.3. The molecule has 4 nitrogen and oxygen atoms in total. The van der Waals surface area contributed by atoms with Gasteiger partial charge in [-0.1, -0.05) is 20.4 Å². The fourth-order valence-corrected chi connectivity index (χ4v) is 0.959. The van der Waals surface area contributed by atoms with Crippen LogP contribution in [0.15, 0.2) is 12.4 Å². The molecule has 5 N–H and O–H groups in total. The molecular formula is C9H19N3O. The van der Waals surface area contributed by atoms with E-state index in [1.54, 1.807) is 0 Å². The van der Waals surface area contributed by atoms with Crippen LogP contribution in [0, 0.1) is 5.92 Å². The van der Waals surface area contributed by atoms with Crippen molar-refractivity contribution in [2.75, 3.05) is 6.54 Å². The summed E-state index contributed by atoms with van der Waals surface area (Å²) in [5.41, 5.74) is 10.9. The van der Waals surface area contributed by atoms with Crippen molar-refractivity contribution in [3.8, 4) is 0 Å². The molecule has 0 saturated heterocycles. The van der Waals surface area contributed by atoms with Gasteiger partial charge in [0.2, 0.25) is 0 Å². The molecule has 0 radical (unpaired) electrons. The first-order valence-electron chi connectivity index (χ1n) is 4.42. The Morgan fingerprint density at radius 2 is 2.08 bits per heavy atom. The summed E-state index contributed by atoms with van der Waals surface area (Å²) in [5, 5.41) is 2.82. The molecule has 0 rings (SSSR count). The molecule has 0 spiro atoms. The summed E-state index contributed by atoms with van der Waals surface area (Å²) < 4.78 is 0. The van der Waals surface area contributed by atoms with Gasteiger partial charge in [0.15, 0.2) is 5.78 Å². The van der Waals surface area contributed by atoms with Crippen molar-refractivity contribution in [2.24, 2.45) is 17.4 Å². The van der Waals surface area contributed by atoms with Gasteiger partial charge in [-0.2, -0.15) is 0 Å². The van der Waals surface area contributed by atoms with E-state index in [-0.39, 0.29) is 11.7 Å². The summed E-state index contributed by atoms with van der Waals surface area (Å²) in [6.45, 7) is 7.75. The summed E-state index contributed by atoms with van der Waals surface area (Å²) in [6, 6.07) is -0.396. The smallest absolute Gasteiger partial charge is 0.152 e. The third-order valence-corrected chi connectivity index (χ3v) is 1.74. The zero-order chi connectivity index (χ0) is 10.4. The fraction of sp³-hybridized carbons (Fsp3) is 0.667. The standard InChI is InChI=1S/C9H19N3O/c1-6(2)9(13)8(11)4-5-12-7(3)10/h6,8,12H,3-5,10-11H2,1-2H3/t8-/m0/s1. The third kappa shape index (κ3) is 5.25. The van der Waals surface area contributed by atoms with E-state index in [2.05, 4.69) is 11.9 Å². The highest BCUT2D eigenvalue weighted by Crippen LogP contribution is 2.00. The van der Waals surface area contributed by atoms with E-state index in [1.807, 2.05) is 13.8 Å². The lowest BCUT2D eigenvalue weighted by molar-refractivity contribution is -0.123. The Balaban J connectivity index is 3.68. The molecule has 76 valence electrons. The van der Waals surface area contributed by atoms with Crippen LogP contribution < -0.4 is 16.8 Å². The largest absolute Gasteiger partial charge is 0.386 e. The number of nitrogens with one attached hydrogen (secondary N) is 1. The van der Waals surface area contributed by atoms with E-state index < -0.39 is 6.04 Å². The van der Waals surface area contributed by atoms with E-state index in [4.69, 9.17) is 11.5 Å². The minimum Gasteiger partial charge on any atom is -0.386 e. The zero-order valence-corrected chi connectivity index (χ0v) is 8.34. The van der Waals surface area contributed by atoms with Crippen molar-refractivity contribution in [2.45, 2.75) is 26.3 Å². The third-order valence-electron chi connectivity index (χ3n) is 1.74. The Morgan fingerprint density at radius 3 is 2.46 bits per heavy atom. The van der Waals surface area contributed by atoms with Crippen LogP contribution in [-0.4, -0.2) is 18.4 Å². The average Bonchev–Trinajstić information content (AvgIpc) is 2.02. The van der Waals surface area contributed by atoms with Crippen LogP contribution in [0.5, 0.6) is 0 Å². The predicted molar refractivity (Wildman–Crippen MR) is 53.8 cm³/mol. The number of hydrogen-bond acceptors (Lipinski definition) is 4. The van der Waals surface area contributed by atoms with Gasteiger partial charge in [-0.3, -0.25) is 4.79 Å². The van der Waals surface area contributed by atoms with Crippen LogP contribution in [-0.2, 0) is 4.79 Å². The second-order valence-electron chi connectivity index (χ2n) is 3.40. The van der Waals surface area contributed by atoms with Crippen molar-refractivity contribution in [3.63, 3.8) is 0 Å². The Morgan fingerprint density at radius 1 is 1.54 bits per heavy atom. The molecule has 0 unspecified atom stereocenters. The maximum atomic E-state index is 11.3. The molecule has 4 heteroatoms. The zero-order valence-electron chi connectivity index (χ0n) is 8.34. The highest BCUT2D eigenvalue weighted by Gasteiger charge is 2.15. The summed E-state index contributed by atoms with van der Waals surface area (Å²) >= 11 is 0. The lowest BCUT2D eigenvalue weighted by Gasteiger charge is -2.13. The summed E-state index contributed by atoms with van der Waals surface area (Å²) in [5.74, 6) is 0.490. The molecule has 0 aliphatic carbocycles. The van der Waals surface area contributed by atoms with Gasteiger partial charge in [0.05, 0.1) is 11.9 Å². The molecule has 0 aromatic heterocycles. The van der Waals surface area contributed by atoms with Crippen LogP contribution in [0.4, 0.5) is 0 Å². The highest BCUT2D eigenvalue weighted by molar-refractivity contribution is 5.85. The van der Waals surface area contributed by atoms with Crippen molar-refractivity contribution >= 4 is 5.78 Å². The average molecular weight is 185 g/mol. The van der Waals surface area contributed by atoms with Crippen LogP contribution in [0.3, 0.4) is 0 Å². The van der Waals surface area contributed by atoms with Crippen molar-refractivity contribution in [1.82, 2.24) is 5.32 Å². The summed E-state index contributed by atoms with van der Waals surface area (Å²) in [4.78, 5) is 11.3. The van der Waals surface area contributed by atoms with Gasteiger partial charge in [0.25, 0.3) is 0 Å². The quantitative estimate of drug-likeness (QED) is 0.542. The van der Waals surface area contributed by atoms with E-state index in [0.717, 1.165) is 0 Å².